The molecule has 4 rings (SSSR count). The fourth-order valence-corrected chi connectivity index (χ4v) is 4.50. The molecule has 2 aliphatic heterocycles. The molecule has 8 heteroatoms. The Morgan fingerprint density at radius 3 is 2.65 bits per heavy atom. The Morgan fingerprint density at radius 1 is 1.26 bits per heavy atom. The van der Waals surface area contributed by atoms with Crippen LogP contribution >= 0.6 is 0 Å². The molecule has 0 bridgehead atoms. The minimum atomic E-state index is -0.142. The van der Waals surface area contributed by atoms with E-state index < -0.39 is 0 Å². The number of ether oxygens (including phenoxy) is 1. The van der Waals surface area contributed by atoms with Gasteiger partial charge in [0.05, 0.1) is 25.3 Å². The van der Waals surface area contributed by atoms with E-state index in [1.807, 2.05) is 30.0 Å². The van der Waals surface area contributed by atoms with Crippen LogP contribution in [0.4, 0.5) is 11.6 Å². The van der Waals surface area contributed by atoms with Crippen LogP contribution in [0.5, 0.6) is 0 Å². The molecule has 2 aliphatic rings. The number of aromatic nitrogens is 2. The van der Waals surface area contributed by atoms with Crippen LogP contribution in [0.15, 0.2) is 30.5 Å². The van der Waals surface area contributed by atoms with E-state index in [0.717, 1.165) is 23.4 Å². The molecular formula is C23H29N5O3. The van der Waals surface area contributed by atoms with Crippen LogP contribution in [-0.2, 0) is 9.53 Å². The van der Waals surface area contributed by atoms with Crippen molar-refractivity contribution in [3.63, 3.8) is 0 Å². The Morgan fingerprint density at radius 2 is 2.03 bits per heavy atom. The maximum Gasteiger partial charge on any atom is 0.251 e. The van der Waals surface area contributed by atoms with Crippen molar-refractivity contribution < 1.29 is 14.3 Å². The summed E-state index contributed by atoms with van der Waals surface area (Å²) in [5.74, 6) is 0.481. The van der Waals surface area contributed by atoms with Gasteiger partial charge >= 0.3 is 0 Å². The standard InChI is InChI=1S/C23H29N5O3/c1-5-19-14(3)21(27-23-24-9-8-13(2)25-23)18-10-16(22(30)26-17-11-31-12-17)6-7-20(18)28(19)15(4)29/h6-10,14,17,19,21H,5,11-12H2,1-4H3,(H,26,30)(H,24,25,27)/t14-,19-,21+/m0/s1. The SMILES string of the molecule is CC[C@H]1[C@H](C)[C@@H](Nc2nccc(C)n2)c2cc(C(=O)NC3COC3)ccc2N1C(C)=O. The number of nitrogens with one attached hydrogen (secondary N) is 2. The van der Waals surface area contributed by atoms with Gasteiger partial charge in [0.1, 0.15) is 0 Å². The third-order valence-electron chi connectivity index (χ3n) is 6.16. The van der Waals surface area contributed by atoms with Gasteiger partial charge in [-0.1, -0.05) is 13.8 Å². The smallest absolute Gasteiger partial charge is 0.251 e. The number of anilines is 2. The second-order valence-corrected chi connectivity index (χ2v) is 8.35. The van der Waals surface area contributed by atoms with Gasteiger partial charge in [0.25, 0.3) is 5.91 Å². The van der Waals surface area contributed by atoms with Gasteiger partial charge in [-0.25, -0.2) is 9.97 Å². The zero-order valence-corrected chi connectivity index (χ0v) is 18.4. The molecule has 2 aromatic rings. The molecule has 1 saturated heterocycles. The monoisotopic (exact) mass is 423 g/mol. The zero-order valence-electron chi connectivity index (χ0n) is 18.4. The number of hydrogen-bond donors (Lipinski definition) is 2. The molecular weight excluding hydrogens is 394 g/mol. The summed E-state index contributed by atoms with van der Waals surface area (Å²) >= 11 is 0. The van der Waals surface area contributed by atoms with Crippen molar-refractivity contribution in [2.75, 3.05) is 23.4 Å². The van der Waals surface area contributed by atoms with Crippen molar-refractivity contribution in [1.29, 1.82) is 0 Å². The van der Waals surface area contributed by atoms with Gasteiger partial charge in [-0.2, -0.15) is 0 Å². The molecule has 2 N–H and O–H groups in total. The second kappa shape index (κ2) is 8.63. The average Bonchev–Trinajstić information content (AvgIpc) is 2.71. The lowest BCUT2D eigenvalue weighted by Crippen LogP contribution is -2.50. The van der Waals surface area contributed by atoms with Crippen molar-refractivity contribution >= 4 is 23.5 Å². The van der Waals surface area contributed by atoms with E-state index in [1.165, 1.54) is 0 Å². The Hall–Kier alpha value is -3.00. The highest BCUT2D eigenvalue weighted by Gasteiger charge is 2.40. The van der Waals surface area contributed by atoms with Gasteiger partial charge in [0, 0.05) is 42.0 Å². The van der Waals surface area contributed by atoms with Crippen LogP contribution in [0.2, 0.25) is 0 Å². The van der Waals surface area contributed by atoms with Gasteiger partial charge in [0.2, 0.25) is 11.9 Å². The summed E-state index contributed by atoms with van der Waals surface area (Å²) in [7, 11) is 0. The minimum Gasteiger partial charge on any atom is -0.377 e. The molecule has 3 heterocycles. The molecule has 2 amide bonds. The highest BCUT2D eigenvalue weighted by molar-refractivity contribution is 5.98. The number of benzene rings is 1. The third kappa shape index (κ3) is 4.12. The zero-order chi connectivity index (χ0) is 22.1. The van der Waals surface area contributed by atoms with Crippen molar-refractivity contribution in [3.05, 3.63) is 47.3 Å². The molecule has 1 aromatic carbocycles. The lowest BCUT2D eigenvalue weighted by atomic mass is 9.80. The summed E-state index contributed by atoms with van der Waals surface area (Å²) in [6.07, 6.45) is 2.54. The summed E-state index contributed by atoms with van der Waals surface area (Å²) in [4.78, 5) is 36.1. The Bertz CT molecular complexity index is 991. The van der Waals surface area contributed by atoms with Crippen molar-refractivity contribution in [2.45, 2.75) is 52.2 Å². The highest BCUT2D eigenvalue weighted by atomic mass is 16.5. The lowest BCUT2D eigenvalue weighted by Gasteiger charge is -2.45. The minimum absolute atomic E-state index is 0.00553. The molecule has 3 atom stereocenters. The summed E-state index contributed by atoms with van der Waals surface area (Å²) in [6.45, 7) is 8.80. The van der Waals surface area contributed by atoms with Crippen LogP contribution in [0.25, 0.3) is 0 Å². The van der Waals surface area contributed by atoms with Crippen LogP contribution in [0.1, 0.15) is 54.8 Å². The van der Waals surface area contributed by atoms with Gasteiger partial charge in [-0.15, -0.1) is 0 Å². The Balaban J connectivity index is 1.75. The predicted molar refractivity (Wildman–Crippen MR) is 118 cm³/mol. The first-order valence-corrected chi connectivity index (χ1v) is 10.8. The summed E-state index contributed by atoms with van der Waals surface area (Å²) < 4.78 is 5.15. The molecule has 1 fully saturated rings. The van der Waals surface area contributed by atoms with E-state index in [-0.39, 0.29) is 35.9 Å². The van der Waals surface area contributed by atoms with Gasteiger partial charge < -0.3 is 20.3 Å². The number of amides is 2. The van der Waals surface area contributed by atoms with Crippen LogP contribution < -0.4 is 15.5 Å². The molecule has 0 aliphatic carbocycles. The molecule has 164 valence electrons. The van der Waals surface area contributed by atoms with E-state index in [4.69, 9.17) is 4.74 Å². The van der Waals surface area contributed by atoms with Gasteiger partial charge in [-0.05, 0) is 43.2 Å². The van der Waals surface area contributed by atoms with Crippen LogP contribution in [0.3, 0.4) is 0 Å². The first-order chi connectivity index (χ1) is 14.9. The second-order valence-electron chi connectivity index (χ2n) is 8.35. The topological polar surface area (TPSA) is 96.4 Å². The third-order valence-corrected chi connectivity index (χ3v) is 6.16. The molecule has 0 saturated carbocycles. The largest absolute Gasteiger partial charge is 0.377 e. The molecule has 8 nitrogen and oxygen atoms in total. The lowest BCUT2D eigenvalue weighted by molar-refractivity contribution is -0.117. The van der Waals surface area contributed by atoms with Crippen molar-refractivity contribution in [1.82, 2.24) is 15.3 Å². The fraction of sp³-hybridized carbons (Fsp3) is 0.478. The van der Waals surface area contributed by atoms with Crippen LogP contribution in [0, 0.1) is 12.8 Å². The quantitative estimate of drug-likeness (QED) is 0.768. The molecule has 0 radical (unpaired) electrons. The molecule has 0 spiro atoms. The van der Waals surface area contributed by atoms with Crippen molar-refractivity contribution in [3.8, 4) is 0 Å². The van der Waals surface area contributed by atoms with E-state index in [2.05, 4.69) is 34.4 Å². The number of nitrogens with zero attached hydrogens (tertiary/aromatic N) is 3. The van der Waals surface area contributed by atoms with E-state index in [1.54, 1.807) is 19.2 Å². The number of aryl methyl sites for hydroxylation is 1. The Labute approximate surface area is 182 Å². The maximum atomic E-state index is 12.8. The van der Waals surface area contributed by atoms with E-state index >= 15 is 0 Å². The predicted octanol–water partition coefficient (Wildman–Crippen LogP) is 2.85. The first-order valence-electron chi connectivity index (χ1n) is 10.8. The first kappa shape index (κ1) is 21.2. The molecule has 31 heavy (non-hydrogen) atoms. The number of carbonyl (C=O) groups excluding carboxylic acids is 2. The maximum absolute atomic E-state index is 12.8. The van der Waals surface area contributed by atoms with Gasteiger partial charge in [-0.3, -0.25) is 9.59 Å². The number of carbonyl (C=O) groups is 2. The summed E-state index contributed by atoms with van der Waals surface area (Å²) in [6, 6.07) is 7.33. The van der Waals surface area contributed by atoms with E-state index in [9.17, 15) is 9.59 Å². The normalized spacial score (nSPS) is 23.0. The highest BCUT2D eigenvalue weighted by Crippen LogP contribution is 2.43. The molecule has 1 aromatic heterocycles. The fourth-order valence-electron chi connectivity index (χ4n) is 4.50. The van der Waals surface area contributed by atoms with Crippen molar-refractivity contribution in [2.24, 2.45) is 5.92 Å². The summed E-state index contributed by atoms with van der Waals surface area (Å²) in [5.41, 5.74) is 3.16. The molecule has 0 unspecified atom stereocenters. The van der Waals surface area contributed by atoms with Crippen LogP contribution in [-0.4, -0.2) is 47.1 Å². The number of fused-ring (bicyclic) bond motifs is 1. The number of rotatable bonds is 5. The van der Waals surface area contributed by atoms with Gasteiger partial charge in [0.15, 0.2) is 0 Å². The summed E-state index contributed by atoms with van der Waals surface area (Å²) in [5, 5.41) is 6.46. The van der Waals surface area contributed by atoms with E-state index in [0.29, 0.717) is 24.7 Å². The average molecular weight is 424 g/mol. The Kier molecular flexibility index (Phi) is 5.91. The number of hydrogen-bond acceptors (Lipinski definition) is 6.